The van der Waals surface area contributed by atoms with E-state index >= 15 is 0 Å². The molecular weight excluding hydrogens is 324 g/mol. The van der Waals surface area contributed by atoms with Crippen molar-refractivity contribution in [1.29, 1.82) is 0 Å². The average Bonchev–Trinajstić information content (AvgIpc) is 2.81. The van der Waals surface area contributed by atoms with E-state index in [9.17, 15) is 13.6 Å². The number of halogens is 2. The van der Waals surface area contributed by atoms with Gasteiger partial charge in [0.15, 0.2) is 11.5 Å². The third kappa shape index (κ3) is 4.13. The van der Waals surface area contributed by atoms with Crippen molar-refractivity contribution >= 4 is 23.4 Å². The van der Waals surface area contributed by atoms with Crippen LogP contribution in [0, 0.1) is 0 Å². The maximum Gasteiger partial charge on any atom is 0.586 e. The number of rotatable bonds is 5. The predicted octanol–water partition coefficient (Wildman–Crippen LogP) is 3.88. The molecule has 0 bridgehead atoms. The third-order valence-corrected chi connectivity index (χ3v) is 4.03. The van der Waals surface area contributed by atoms with E-state index in [0.717, 1.165) is 11.3 Å². The lowest BCUT2D eigenvalue weighted by atomic mass is 10.2. The minimum atomic E-state index is -3.66. The number of amides is 1. The Bertz CT molecular complexity index is 710. The quantitative estimate of drug-likeness (QED) is 0.899. The van der Waals surface area contributed by atoms with Gasteiger partial charge in [0.25, 0.3) is 0 Å². The lowest BCUT2D eigenvalue weighted by Gasteiger charge is -2.06. The second-order valence-corrected chi connectivity index (χ2v) is 5.84. The molecule has 1 N–H and O–H groups in total. The van der Waals surface area contributed by atoms with E-state index in [0.29, 0.717) is 5.69 Å². The summed E-state index contributed by atoms with van der Waals surface area (Å²) in [5.74, 6) is 0.633. The highest BCUT2D eigenvalue weighted by Crippen LogP contribution is 2.42. The highest BCUT2D eigenvalue weighted by Gasteiger charge is 2.43. The van der Waals surface area contributed by atoms with Crippen LogP contribution in [0.25, 0.3) is 0 Å². The number of thioether (sulfide) groups is 1. The van der Waals surface area contributed by atoms with Gasteiger partial charge < -0.3 is 14.8 Å². The molecule has 1 heterocycles. The molecule has 1 aliphatic rings. The van der Waals surface area contributed by atoms with Crippen LogP contribution in [0.15, 0.2) is 48.5 Å². The molecule has 0 saturated carbocycles. The zero-order valence-corrected chi connectivity index (χ0v) is 12.7. The van der Waals surface area contributed by atoms with Crippen LogP contribution >= 0.6 is 11.8 Å². The predicted molar refractivity (Wildman–Crippen MR) is 83.9 cm³/mol. The Hall–Kier alpha value is -2.28. The highest BCUT2D eigenvalue weighted by atomic mass is 32.2. The monoisotopic (exact) mass is 337 g/mol. The van der Waals surface area contributed by atoms with Gasteiger partial charge in [-0.2, -0.15) is 0 Å². The average molecular weight is 337 g/mol. The Balaban J connectivity index is 1.51. The van der Waals surface area contributed by atoms with Gasteiger partial charge in [0.2, 0.25) is 5.91 Å². The van der Waals surface area contributed by atoms with Gasteiger partial charge in [-0.15, -0.1) is 20.5 Å². The van der Waals surface area contributed by atoms with Crippen molar-refractivity contribution in [3.8, 4) is 11.5 Å². The van der Waals surface area contributed by atoms with E-state index in [1.807, 2.05) is 30.3 Å². The van der Waals surface area contributed by atoms with E-state index in [1.54, 1.807) is 0 Å². The molecule has 0 saturated heterocycles. The minimum Gasteiger partial charge on any atom is -0.395 e. The van der Waals surface area contributed by atoms with Crippen LogP contribution in [0.4, 0.5) is 14.5 Å². The Morgan fingerprint density at radius 3 is 2.61 bits per heavy atom. The molecule has 0 aliphatic carbocycles. The fraction of sp³-hybridized carbons (Fsp3) is 0.188. The third-order valence-electron chi connectivity index (χ3n) is 3.03. The number of ether oxygens (including phenoxy) is 2. The van der Waals surface area contributed by atoms with Crippen molar-refractivity contribution in [2.45, 2.75) is 12.0 Å². The summed E-state index contributed by atoms with van der Waals surface area (Å²) in [6.07, 6.45) is -3.66. The summed E-state index contributed by atoms with van der Waals surface area (Å²) in [7, 11) is 0. The summed E-state index contributed by atoms with van der Waals surface area (Å²) in [5, 5.41) is 2.65. The van der Waals surface area contributed by atoms with Gasteiger partial charge in [0.1, 0.15) is 0 Å². The number of carbonyl (C=O) groups is 1. The van der Waals surface area contributed by atoms with Crippen molar-refractivity contribution in [1.82, 2.24) is 0 Å². The molecule has 4 nitrogen and oxygen atoms in total. The van der Waals surface area contributed by atoms with Crippen LogP contribution in [0.3, 0.4) is 0 Å². The Kier molecular flexibility index (Phi) is 4.38. The maximum atomic E-state index is 12.9. The smallest absolute Gasteiger partial charge is 0.395 e. The summed E-state index contributed by atoms with van der Waals surface area (Å²) in [5.41, 5.74) is 1.52. The summed E-state index contributed by atoms with van der Waals surface area (Å²) in [6, 6.07) is 13.9. The van der Waals surface area contributed by atoms with Crippen LogP contribution < -0.4 is 14.8 Å². The first-order valence-corrected chi connectivity index (χ1v) is 7.99. The molecule has 0 fully saturated rings. The molecule has 1 aliphatic heterocycles. The Morgan fingerprint density at radius 2 is 1.83 bits per heavy atom. The number of hydrogen-bond acceptors (Lipinski definition) is 4. The van der Waals surface area contributed by atoms with Gasteiger partial charge in [-0.1, -0.05) is 30.3 Å². The first kappa shape index (κ1) is 15.6. The van der Waals surface area contributed by atoms with Gasteiger partial charge in [-0.05, 0) is 17.7 Å². The largest absolute Gasteiger partial charge is 0.586 e. The van der Waals surface area contributed by atoms with Gasteiger partial charge in [0.05, 0.1) is 5.75 Å². The number of fused-ring (bicyclic) bond motifs is 1. The number of anilines is 1. The standard InChI is InChI=1S/C16H13F2NO3S/c17-16(18)21-13-7-6-12(8-14(13)22-16)19-15(20)10-23-9-11-4-2-1-3-5-11/h1-8H,9-10H2,(H,19,20). The molecular formula is C16H13F2NO3S. The van der Waals surface area contributed by atoms with Crippen molar-refractivity contribution in [3.05, 3.63) is 54.1 Å². The van der Waals surface area contributed by atoms with E-state index in [1.165, 1.54) is 30.0 Å². The zero-order chi connectivity index (χ0) is 16.3. The maximum absolute atomic E-state index is 12.9. The summed E-state index contributed by atoms with van der Waals surface area (Å²) in [4.78, 5) is 11.9. The van der Waals surface area contributed by atoms with Crippen LogP contribution in [-0.4, -0.2) is 18.0 Å². The molecule has 23 heavy (non-hydrogen) atoms. The lowest BCUT2D eigenvalue weighted by molar-refractivity contribution is -0.286. The SMILES string of the molecule is O=C(CSCc1ccccc1)Nc1ccc2c(c1)OC(F)(F)O2. The Labute approximate surface area is 135 Å². The topological polar surface area (TPSA) is 47.6 Å². The van der Waals surface area contributed by atoms with E-state index < -0.39 is 6.29 Å². The molecule has 1 amide bonds. The normalized spacial score (nSPS) is 14.5. The molecule has 2 aromatic carbocycles. The molecule has 120 valence electrons. The molecule has 2 aromatic rings. The molecule has 0 radical (unpaired) electrons. The first-order valence-electron chi connectivity index (χ1n) is 6.83. The van der Waals surface area contributed by atoms with Crippen molar-refractivity contribution in [3.63, 3.8) is 0 Å². The molecule has 7 heteroatoms. The van der Waals surface area contributed by atoms with Gasteiger partial charge in [-0.3, -0.25) is 4.79 Å². The fourth-order valence-electron chi connectivity index (χ4n) is 2.06. The van der Waals surface area contributed by atoms with Crippen LogP contribution in [-0.2, 0) is 10.5 Å². The molecule has 3 rings (SSSR count). The number of benzene rings is 2. The summed E-state index contributed by atoms with van der Waals surface area (Å²) >= 11 is 1.47. The first-order chi connectivity index (χ1) is 11.0. The van der Waals surface area contributed by atoms with Gasteiger partial charge in [0, 0.05) is 17.5 Å². The summed E-state index contributed by atoms with van der Waals surface area (Å²) in [6.45, 7) is 0. The second kappa shape index (κ2) is 6.45. The van der Waals surface area contributed by atoms with Crippen molar-refractivity contribution in [2.24, 2.45) is 0 Å². The van der Waals surface area contributed by atoms with Crippen LogP contribution in [0.1, 0.15) is 5.56 Å². The number of alkyl halides is 2. The van der Waals surface area contributed by atoms with Crippen LogP contribution in [0.5, 0.6) is 11.5 Å². The van der Waals surface area contributed by atoms with Crippen molar-refractivity contribution < 1.29 is 23.0 Å². The molecule has 0 aromatic heterocycles. The van der Waals surface area contributed by atoms with Gasteiger partial charge >= 0.3 is 6.29 Å². The molecule has 0 atom stereocenters. The van der Waals surface area contributed by atoms with Crippen LogP contribution in [0.2, 0.25) is 0 Å². The summed E-state index contributed by atoms with van der Waals surface area (Å²) < 4.78 is 34.5. The van der Waals surface area contributed by atoms with Crippen molar-refractivity contribution in [2.75, 3.05) is 11.1 Å². The highest BCUT2D eigenvalue weighted by molar-refractivity contribution is 7.99. The van der Waals surface area contributed by atoms with E-state index in [-0.39, 0.29) is 23.2 Å². The zero-order valence-electron chi connectivity index (χ0n) is 11.9. The number of nitrogens with one attached hydrogen (secondary N) is 1. The fourth-order valence-corrected chi connectivity index (χ4v) is 2.85. The van der Waals surface area contributed by atoms with E-state index in [4.69, 9.17) is 0 Å². The van der Waals surface area contributed by atoms with Gasteiger partial charge in [-0.25, -0.2) is 0 Å². The van der Waals surface area contributed by atoms with E-state index in [2.05, 4.69) is 14.8 Å². The number of hydrogen-bond donors (Lipinski definition) is 1. The molecule has 0 spiro atoms. The second-order valence-electron chi connectivity index (χ2n) is 4.86. The minimum absolute atomic E-state index is 0.0496. The Morgan fingerprint density at radius 1 is 1.09 bits per heavy atom. The molecule has 0 unspecified atom stereocenters. The lowest BCUT2D eigenvalue weighted by Crippen LogP contribution is -2.25. The number of carbonyl (C=O) groups excluding carboxylic acids is 1.